The molecule has 0 aliphatic carbocycles. The zero-order chi connectivity index (χ0) is 16.8. The molecule has 1 atom stereocenters. The number of hydrogen-bond donors (Lipinski definition) is 1. The van der Waals surface area contributed by atoms with Gasteiger partial charge in [0, 0.05) is 0 Å². The maximum absolute atomic E-state index is 13.7. The van der Waals surface area contributed by atoms with Gasteiger partial charge in [0.25, 0.3) is 5.91 Å². The van der Waals surface area contributed by atoms with Crippen LogP contribution in [0.2, 0.25) is 0 Å². The molecule has 6 heteroatoms. The summed E-state index contributed by atoms with van der Waals surface area (Å²) in [4.78, 5) is 11.8. The normalized spacial score (nSPS) is 11.7. The van der Waals surface area contributed by atoms with Crippen LogP contribution in [0.3, 0.4) is 0 Å². The van der Waals surface area contributed by atoms with Crippen molar-refractivity contribution in [2.45, 2.75) is 13.0 Å². The molecule has 0 aromatic heterocycles. The van der Waals surface area contributed by atoms with E-state index in [1.54, 1.807) is 13.0 Å². The number of halogens is 2. The minimum absolute atomic E-state index is 0.145. The number of carbonyl (C=O) groups excluding carboxylic acids is 1. The van der Waals surface area contributed by atoms with Crippen LogP contribution in [-0.4, -0.2) is 19.6 Å². The van der Waals surface area contributed by atoms with Crippen molar-refractivity contribution in [3.05, 3.63) is 59.7 Å². The van der Waals surface area contributed by atoms with Gasteiger partial charge in [0.1, 0.15) is 11.6 Å². The predicted molar refractivity (Wildman–Crippen MR) is 81.4 cm³/mol. The minimum Gasteiger partial charge on any atom is -0.494 e. The Labute approximate surface area is 133 Å². The first kappa shape index (κ1) is 16.7. The van der Waals surface area contributed by atoms with Gasteiger partial charge in [-0.1, -0.05) is 6.07 Å². The molecular weight excluding hydrogens is 304 g/mol. The van der Waals surface area contributed by atoms with Crippen molar-refractivity contribution in [3.63, 3.8) is 0 Å². The molecule has 0 heterocycles. The van der Waals surface area contributed by atoms with E-state index >= 15 is 0 Å². The predicted octanol–water partition coefficient (Wildman–Crippen LogP) is 3.23. The van der Waals surface area contributed by atoms with Crippen molar-refractivity contribution in [2.75, 3.05) is 13.7 Å². The molecule has 2 aromatic rings. The standard InChI is InChI=1S/C17H17F2NO3/c1-11(12-3-8-16(22-2)15(19)9-12)20-17(21)10-23-14-6-4-13(18)5-7-14/h3-9,11H,10H2,1-2H3,(H,20,21)/t11-/m1/s1. The molecule has 0 aliphatic heterocycles. The van der Waals surface area contributed by atoms with Gasteiger partial charge in [0.2, 0.25) is 0 Å². The number of carbonyl (C=O) groups is 1. The van der Waals surface area contributed by atoms with Gasteiger partial charge in [0.05, 0.1) is 13.2 Å². The largest absolute Gasteiger partial charge is 0.494 e. The lowest BCUT2D eigenvalue weighted by Crippen LogP contribution is -2.31. The summed E-state index contributed by atoms with van der Waals surface area (Å²) in [5.41, 5.74) is 0.610. The Morgan fingerprint density at radius 2 is 1.87 bits per heavy atom. The van der Waals surface area contributed by atoms with E-state index in [1.807, 2.05) is 0 Å². The number of ether oxygens (including phenoxy) is 2. The van der Waals surface area contributed by atoms with Crippen LogP contribution in [0.15, 0.2) is 42.5 Å². The lowest BCUT2D eigenvalue weighted by molar-refractivity contribution is -0.123. The maximum atomic E-state index is 13.7. The van der Waals surface area contributed by atoms with E-state index in [0.717, 1.165) is 0 Å². The van der Waals surface area contributed by atoms with Crippen molar-refractivity contribution >= 4 is 5.91 Å². The summed E-state index contributed by atoms with van der Waals surface area (Å²) < 4.78 is 36.5. The smallest absolute Gasteiger partial charge is 0.258 e. The summed E-state index contributed by atoms with van der Waals surface area (Å²) in [7, 11) is 1.38. The number of amides is 1. The Kier molecular flexibility index (Phi) is 5.51. The number of hydrogen-bond acceptors (Lipinski definition) is 3. The molecule has 0 saturated carbocycles. The van der Waals surface area contributed by atoms with Gasteiger partial charge in [-0.05, 0) is 48.9 Å². The molecule has 2 rings (SSSR count). The van der Waals surface area contributed by atoms with Crippen LogP contribution < -0.4 is 14.8 Å². The second-order valence-electron chi connectivity index (χ2n) is 4.93. The summed E-state index contributed by atoms with van der Waals surface area (Å²) in [6.45, 7) is 1.52. The van der Waals surface area contributed by atoms with Crippen LogP contribution in [0.25, 0.3) is 0 Å². The summed E-state index contributed by atoms with van der Waals surface area (Å²) in [5, 5.41) is 2.70. The second kappa shape index (κ2) is 7.58. The summed E-state index contributed by atoms with van der Waals surface area (Å²) in [5.74, 6) is -0.694. The molecule has 0 fully saturated rings. The highest BCUT2D eigenvalue weighted by Gasteiger charge is 2.12. The number of nitrogens with one attached hydrogen (secondary N) is 1. The van der Waals surface area contributed by atoms with E-state index in [9.17, 15) is 13.6 Å². The third kappa shape index (κ3) is 4.67. The van der Waals surface area contributed by atoms with Gasteiger partial charge in [-0.2, -0.15) is 0 Å². The van der Waals surface area contributed by atoms with Crippen molar-refractivity contribution in [1.82, 2.24) is 5.32 Å². The van der Waals surface area contributed by atoms with Crippen LogP contribution in [0.5, 0.6) is 11.5 Å². The van der Waals surface area contributed by atoms with E-state index in [2.05, 4.69) is 5.32 Å². The second-order valence-corrected chi connectivity index (χ2v) is 4.93. The zero-order valence-electron chi connectivity index (χ0n) is 12.8. The fraction of sp³-hybridized carbons (Fsp3) is 0.235. The van der Waals surface area contributed by atoms with Gasteiger partial charge in [-0.3, -0.25) is 4.79 Å². The fourth-order valence-corrected chi connectivity index (χ4v) is 2.00. The highest BCUT2D eigenvalue weighted by molar-refractivity contribution is 5.78. The Morgan fingerprint density at radius 1 is 1.17 bits per heavy atom. The molecular formula is C17H17F2NO3. The lowest BCUT2D eigenvalue weighted by Gasteiger charge is -2.15. The maximum Gasteiger partial charge on any atom is 0.258 e. The number of rotatable bonds is 6. The fourth-order valence-electron chi connectivity index (χ4n) is 2.00. The van der Waals surface area contributed by atoms with E-state index in [1.165, 1.54) is 43.5 Å². The Morgan fingerprint density at radius 3 is 2.48 bits per heavy atom. The molecule has 1 amide bonds. The first-order chi connectivity index (χ1) is 11.0. The van der Waals surface area contributed by atoms with E-state index < -0.39 is 5.82 Å². The van der Waals surface area contributed by atoms with E-state index in [4.69, 9.17) is 9.47 Å². The molecule has 0 saturated heterocycles. The average molecular weight is 321 g/mol. The highest BCUT2D eigenvalue weighted by Crippen LogP contribution is 2.21. The molecule has 2 aromatic carbocycles. The molecule has 1 N–H and O–H groups in total. The van der Waals surface area contributed by atoms with Gasteiger partial charge < -0.3 is 14.8 Å². The quantitative estimate of drug-likeness (QED) is 0.888. The average Bonchev–Trinajstić information content (AvgIpc) is 2.54. The van der Waals surface area contributed by atoms with Gasteiger partial charge >= 0.3 is 0 Å². The van der Waals surface area contributed by atoms with Crippen LogP contribution in [0.4, 0.5) is 8.78 Å². The van der Waals surface area contributed by atoms with Gasteiger partial charge in [-0.25, -0.2) is 8.78 Å². The van der Waals surface area contributed by atoms with Crippen LogP contribution in [-0.2, 0) is 4.79 Å². The summed E-state index contributed by atoms with van der Waals surface area (Å²) >= 11 is 0. The third-order valence-corrected chi connectivity index (χ3v) is 3.24. The molecule has 0 bridgehead atoms. The van der Waals surface area contributed by atoms with Crippen LogP contribution in [0.1, 0.15) is 18.5 Å². The molecule has 0 spiro atoms. The Balaban J connectivity index is 1.89. The number of benzene rings is 2. The Bertz CT molecular complexity index is 674. The molecule has 0 unspecified atom stereocenters. The van der Waals surface area contributed by atoms with E-state index in [0.29, 0.717) is 11.3 Å². The highest BCUT2D eigenvalue weighted by atomic mass is 19.1. The first-order valence-electron chi connectivity index (χ1n) is 7.00. The van der Waals surface area contributed by atoms with Crippen molar-refractivity contribution in [3.8, 4) is 11.5 Å². The topological polar surface area (TPSA) is 47.6 Å². The van der Waals surface area contributed by atoms with E-state index in [-0.39, 0.29) is 30.1 Å². The molecule has 0 aliphatic rings. The summed E-state index contributed by atoms with van der Waals surface area (Å²) in [6.07, 6.45) is 0. The number of methoxy groups -OCH3 is 1. The Hall–Kier alpha value is -2.63. The molecule has 4 nitrogen and oxygen atoms in total. The first-order valence-corrected chi connectivity index (χ1v) is 7.00. The monoisotopic (exact) mass is 321 g/mol. The van der Waals surface area contributed by atoms with Crippen molar-refractivity contribution < 1.29 is 23.0 Å². The van der Waals surface area contributed by atoms with Crippen LogP contribution in [0, 0.1) is 11.6 Å². The van der Waals surface area contributed by atoms with Crippen LogP contribution >= 0.6 is 0 Å². The summed E-state index contributed by atoms with van der Waals surface area (Å²) in [6, 6.07) is 9.46. The van der Waals surface area contributed by atoms with Gasteiger partial charge in [-0.15, -0.1) is 0 Å². The minimum atomic E-state index is -0.492. The van der Waals surface area contributed by atoms with Gasteiger partial charge in [0.15, 0.2) is 18.2 Å². The lowest BCUT2D eigenvalue weighted by atomic mass is 10.1. The third-order valence-electron chi connectivity index (χ3n) is 3.24. The molecule has 0 radical (unpaired) electrons. The molecule has 23 heavy (non-hydrogen) atoms. The zero-order valence-corrected chi connectivity index (χ0v) is 12.8. The molecule has 122 valence electrons. The van der Waals surface area contributed by atoms with Crippen molar-refractivity contribution in [2.24, 2.45) is 0 Å². The van der Waals surface area contributed by atoms with Crippen molar-refractivity contribution in [1.29, 1.82) is 0 Å². The SMILES string of the molecule is COc1ccc([C@@H](C)NC(=O)COc2ccc(F)cc2)cc1F.